The zero-order valence-corrected chi connectivity index (χ0v) is 22.6. The maximum atomic E-state index is 13.8. The van der Waals surface area contributed by atoms with Gasteiger partial charge in [-0.05, 0) is 39.3 Å². The van der Waals surface area contributed by atoms with Crippen molar-refractivity contribution in [1.82, 2.24) is 14.6 Å². The van der Waals surface area contributed by atoms with Crippen molar-refractivity contribution in [2.45, 2.75) is 76.7 Å². The molecule has 14 heteroatoms. The molecular formula is C24H35N4O9P. The Morgan fingerprint density at radius 1 is 1.29 bits per heavy atom. The second kappa shape index (κ2) is 12.4. The molecule has 2 heterocycles. The number of hydrogen-bond acceptors (Lipinski definition) is 10. The van der Waals surface area contributed by atoms with Gasteiger partial charge < -0.3 is 24.8 Å². The number of rotatable bonds is 12. The van der Waals surface area contributed by atoms with Crippen molar-refractivity contribution in [3.8, 4) is 5.75 Å². The predicted octanol–water partition coefficient (Wildman–Crippen LogP) is 1.43. The van der Waals surface area contributed by atoms with Crippen molar-refractivity contribution in [2.75, 3.05) is 6.61 Å². The molecule has 1 aromatic carbocycles. The number of aromatic amines is 1. The number of aromatic nitrogens is 2. The van der Waals surface area contributed by atoms with Gasteiger partial charge in [-0.15, -0.1) is 0 Å². The number of aliphatic hydroxyl groups is 1. The van der Waals surface area contributed by atoms with Gasteiger partial charge in [0.25, 0.3) is 5.56 Å². The maximum Gasteiger partial charge on any atom is 0.459 e. The van der Waals surface area contributed by atoms with E-state index in [1.165, 1.54) is 20.0 Å². The summed E-state index contributed by atoms with van der Waals surface area (Å²) in [7, 11) is -4.24. The maximum absolute atomic E-state index is 13.8. The highest BCUT2D eigenvalue weighted by Crippen LogP contribution is 2.46. The summed E-state index contributed by atoms with van der Waals surface area (Å²) in [6.07, 6.45) is -1.32. The third kappa shape index (κ3) is 7.19. The van der Waals surface area contributed by atoms with Gasteiger partial charge >= 0.3 is 19.4 Å². The molecule has 0 amide bonds. The molecule has 1 aromatic heterocycles. The molecule has 1 aliphatic rings. The van der Waals surface area contributed by atoms with E-state index in [-0.39, 0.29) is 11.9 Å². The minimum atomic E-state index is -4.24. The molecule has 3 rings (SSSR count). The molecule has 0 spiro atoms. The van der Waals surface area contributed by atoms with Gasteiger partial charge in [0.1, 0.15) is 24.0 Å². The molecule has 1 aliphatic heterocycles. The number of benzene rings is 1. The van der Waals surface area contributed by atoms with Crippen molar-refractivity contribution in [3.05, 3.63) is 63.4 Å². The highest BCUT2D eigenvalue weighted by molar-refractivity contribution is 7.52. The summed E-state index contributed by atoms with van der Waals surface area (Å²) in [4.78, 5) is 38.4. The van der Waals surface area contributed by atoms with E-state index in [0.717, 1.165) is 17.1 Å². The van der Waals surface area contributed by atoms with Crippen LogP contribution in [0.1, 0.15) is 46.8 Å². The second-order valence-corrected chi connectivity index (χ2v) is 11.1. The van der Waals surface area contributed by atoms with Crippen LogP contribution < -0.4 is 26.6 Å². The lowest BCUT2D eigenvalue weighted by atomic mass is 9.93. The Morgan fingerprint density at radius 2 is 1.97 bits per heavy atom. The topological polar surface area (TPSA) is 184 Å². The van der Waals surface area contributed by atoms with Crippen molar-refractivity contribution in [3.63, 3.8) is 0 Å². The molecule has 0 radical (unpaired) electrons. The van der Waals surface area contributed by atoms with E-state index in [9.17, 15) is 24.1 Å². The van der Waals surface area contributed by atoms with Crippen LogP contribution in [0.5, 0.6) is 5.75 Å². The summed E-state index contributed by atoms with van der Waals surface area (Å²) in [5.41, 5.74) is 3.42. The monoisotopic (exact) mass is 554 g/mol. The smallest absolute Gasteiger partial charge is 0.459 e. The molecule has 5 N–H and O–H groups in total. The van der Waals surface area contributed by atoms with Gasteiger partial charge in [-0.3, -0.25) is 23.7 Å². The van der Waals surface area contributed by atoms with Crippen LogP contribution in [-0.4, -0.2) is 57.1 Å². The first-order chi connectivity index (χ1) is 17.9. The number of aliphatic hydroxyl groups excluding tert-OH is 1. The zero-order valence-electron chi connectivity index (χ0n) is 21.7. The lowest BCUT2D eigenvalue weighted by molar-refractivity contribution is -0.150. The summed E-state index contributed by atoms with van der Waals surface area (Å²) in [5, 5.41) is 13.4. The third-order valence-corrected chi connectivity index (χ3v) is 7.67. The van der Waals surface area contributed by atoms with Crippen LogP contribution in [-0.2, 0) is 23.4 Å². The highest BCUT2D eigenvalue weighted by Gasteiger charge is 2.52. The molecule has 38 heavy (non-hydrogen) atoms. The summed E-state index contributed by atoms with van der Waals surface area (Å²) in [5.74, 6) is -0.437. The number of carbonyl (C=O) groups is 1. The summed E-state index contributed by atoms with van der Waals surface area (Å²) >= 11 is 0. The lowest BCUT2D eigenvalue weighted by Crippen LogP contribution is -2.53. The molecule has 210 valence electrons. The molecule has 0 bridgehead atoms. The van der Waals surface area contributed by atoms with Crippen molar-refractivity contribution < 1.29 is 33.0 Å². The Bertz CT molecular complexity index is 1250. The van der Waals surface area contributed by atoms with Crippen LogP contribution in [0.25, 0.3) is 0 Å². The van der Waals surface area contributed by atoms with E-state index in [1.54, 1.807) is 37.3 Å². The lowest BCUT2D eigenvalue weighted by Gasteiger charge is -2.28. The molecule has 7 atom stereocenters. The number of ether oxygens (including phenoxy) is 2. The number of carbonyl (C=O) groups excluding carboxylic acids is 1. The number of H-pyrrole nitrogens is 1. The Kier molecular flexibility index (Phi) is 9.69. The van der Waals surface area contributed by atoms with E-state index in [1.807, 2.05) is 6.92 Å². The molecule has 1 unspecified atom stereocenters. The average molecular weight is 555 g/mol. The fraction of sp³-hybridized carbons (Fsp3) is 0.542. The van der Waals surface area contributed by atoms with Crippen LogP contribution in [0, 0.1) is 0 Å². The van der Waals surface area contributed by atoms with Crippen LogP contribution in [0.15, 0.2) is 52.2 Å². The molecular weight excluding hydrogens is 519 g/mol. The van der Waals surface area contributed by atoms with Crippen LogP contribution >= 0.6 is 7.75 Å². The standard InChI is InChI=1S/C24H35N4O9P/c1-5-9-15(2)35-21(31)16(3)27-38(33,37-17-10-7-6-8-11-17)34-14-18-20(30)24(4,25)22(36-18)28-13-12-19(29)26-23(28)32/h6-8,10-13,15-16,18,20,22,30H,5,9,14,25H2,1-4H3,(H,27,33)(H,26,29,32)/t15-,16-,18+,20+,22+,24+,38?/m0/s1. The third-order valence-electron chi connectivity index (χ3n) is 6.02. The van der Waals surface area contributed by atoms with Gasteiger partial charge in [-0.1, -0.05) is 31.5 Å². The summed E-state index contributed by atoms with van der Waals surface area (Å²) < 4.78 is 37.2. The first-order valence-corrected chi connectivity index (χ1v) is 13.8. The van der Waals surface area contributed by atoms with E-state index < -0.39 is 61.6 Å². The molecule has 2 aromatic rings. The number of esters is 1. The fourth-order valence-electron chi connectivity index (χ4n) is 3.98. The van der Waals surface area contributed by atoms with Crippen molar-refractivity contribution in [2.24, 2.45) is 5.73 Å². The van der Waals surface area contributed by atoms with Gasteiger partial charge in [0.15, 0.2) is 6.23 Å². The minimum absolute atomic E-state index is 0.206. The Morgan fingerprint density at radius 3 is 2.61 bits per heavy atom. The average Bonchev–Trinajstić information content (AvgIpc) is 3.07. The quantitative estimate of drug-likeness (QED) is 0.220. The number of nitrogens with one attached hydrogen (secondary N) is 2. The minimum Gasteiger partial charge on any atom is -0.462 e. The number of para-hydroxylation sites is 1. The summed E-state index contributed by atoms with van der Waals surface area (Å²) in [6, 6.07) is 8.24. The van der Waals surface area contributed by atoms with Gasteiger partial charge in [-0.2, -0.15) is 5.09 Å². The predicted molar refractivity (Wildman–Crippen MR) is 138 cm³/mol. The molecule has 1 saturated heterocycles. The number of hydrogen-bond donors (Lipinski definition) is 4. The number of nitrogens with two attached hydrogens (primary N) is 1. The van der Waals surface area contributed by atoms with E-state index in [4.69, 9.17) is 24.3 Å². The SMILES string of the molecule is CCC[C@H](C)OC(=O)[C@H](C)NP(=O)(OC[C@H]1O[C@@H](n2ccc(=O)[nH]c2=O)[C@](C)(N)[C@@H]1O)Oc1ccccc1. The summed E-state index contributed by atoms with van der Waals surface area (Å²) in [6.45, 7) is 6.17. The van der Waals surface area contributed by atoms with Gasteiger partial charge in [-0.25, -0.2) is 9.36 Å². The molecule has 1 fully saturated rings. The van der Waals surface area contributed by atoms with E-state index in [0.29, 0.717) is 6.42 Å². The van der Waals surface area contributed by atoms with Crippen LogP contribution in [0.3, 0.4) is 0 Å². The van der Waals surface area contributed by atoms with Gasteiger partial charge in [0.05, 0.1) is 18.2 Å². The van der Waals surface area contributed by atoms with E-state index in [2.05, 4.69) is 10.1 Å². The van der Waals surface area contributed by atoms with Crippen LogP contribution in [0.4, 0.5) is 0 Å². The Labute approximate surface area is 219 Å². The van der Waals surface area contributed by atoms with Crippen molar-refractivity contribution >= 4 is 13.7 Å². The Hall–Kier alpha value is -2.80. The molecule has 13 nitrogen and oxygen atoms in total. The van der Waals surface area contributed by atoms with Crippen molar-refractivity contribution in [1.29, 1.82) is 0 Å². The Balaban J connectivity index is 1.78. The second-order valence-electron chi connectivity index (χ2n) is 9.44. The van der Waals surface area contributed by atoms with Crippen LogP contribution in [0.2, 0.25) is 0 Å². The van der Waals surface area contributed by atoms with Gasteiger partial charge in [0, 0.05) is 12.3 Å². The highest BCUT2D eigenvalue weighted by atomic mass is 31.2. The largest absolute Gasteiger partial charge is 0.462 e. The molecule has 0 saturated carbocycles. The fourth-order valence-corrected chi connectivity index (χ4v) is 5.48. The first kappa shape index (κ1) is 29.8. The number of nitrogens with zero attached hydrogens (tertiary/aromatic N) is 1. The van der Waals surface area contributed by atoms with E-state index >= 15 is 0 Å². The zero-order chi connectivity index (χ0) is 28.1. The first-order valence-electron chi connectivity index (χ1n) is 12.3. The normalized spacial score (nSPS) is 26.3. The van der Waals surface area contributed by atoms with Gasteiger partial charge in [0.2, 0.25) is 0 Å². The molecule has 0 aliphatic carbocycles.